The molecule has 0 amide bonds. The van der Waals surface area contributed by atoms with E-state index < -0.39 is 10.4 Å². The molecule has 2 N–H and O–H groups in total. The molecule has 7 heteroatoms. The van der Waals surface area contributed by atoms with Crippen LogP contribution in [0.2, 0.25) is 0 Å². The molecule has 138 valence electrons. The van der Waals surface area contributed by atoms with Crippen LogP contribution in [-0.4, -0.2) is 30.7 Å². The fraction of sp³-hybridized carbons (Fsp3) is 1.00. The second-order valence-corrected chi connectivity index (χ2v) is 6.49. The van der Waals surface area contributed by atoms with Crippen molar-refractivity contribution >= 4 is 10.4 Å². The second-order valence-electron chi connectivity index (χ2n) is 5.60. The van der Waals surface area contributed by atoms with Crippen molar-refractivity contribution in [3.8, 4) is 0 Å². The standard InChI is InChI=1S/C16H34O.Na.H2O4S.H/c1-3-5-7-9-11-13-15-17-16-14-12-10-8-6-4-2;;1-5(2,3)4;/h3-16H2,1-2H3;;(H2,1,2,3,4);/q;+1;;-1. The molecule has 0 heterocycles. The summed E-state index contributed by atoms with van der Waals surface area (Å²) in [6, 6.07) is 0. The van der Waals surface area contributed by atoms with E-state index in [0.717, 1.165) is 13.2 Å². The Hall–Kier alpha value is 0.830. The molecule has 0 aromatic heterocycles. The molecule has 0 saturated carbocycles. The Kier molecular flexibility index (Phi) is 28.4. The maximum absolute atomic E-state index is 8.74. The number of ether oxygens (including phenoxy) is 1. The zero-order valence-electron chi connectivity index (χ0n) is 16.4. The minimum absolute atomic E-state index is 0. The van der Waals surface area contributed by atoms with Crippen LogP contribution in [0.25, 0.3) is 0 Å². The van der Waals surface area contributed by atoms with Crippen LogP contribution in [0.4, 0.5) is 0 Å². The molecule has 0 spiro atoms. The van der Waals surface area contributed by atoms with Gasteiger partial charge in [0.1, 0.15) is 0 Å². The third-order valence-electron chi connectivity index (χ3n) is 3.28. The van der Waals surface area contributed by atoms with Crippen molar-refractivity contribution in [3.05, 3.63) is 0 Å². The number of rotatable bonds is 14. The Balaban J connectivity index is -0.000000250. The molecular formula is C16H37NaO5S. The molecule has 0 fully saturated rings. The van der Waals surface area contributed by atoms with Crippen LogP contribution in [0.15, 0.2) is 0 Å². The predicted molar refractivity (Wildman–Crippen MR) is 92.9 cm³/mol. The van der Waals surface area contributed by atoms with Crippen LogP contribution in [0, 0.1) is 0 Å². The van der Waals surface area contributed by atoms with Gasteiger partial charge in [0.05, 0.1) is 0 Å². The smallest absolute Gasteiger partial charge is 1.00 e. The SMILES string of the molecule is CCCCCCCCOCCCCCCCC.O=S(=O)(O)O.[H-].[Na+]. The summed E-state index contributed by atoms with van der Waals surface area (Å²) in [5, 5.41) is 0. The van der Waals surface area contributed by atoms with E-state index in [1.165, 1.54) is 77.0 Å². The van der Waals surface area contributed by atoms with Crippen molar-refractivity contribution in [1.29, 1.82) is 0 Å². The Morgan fingerprint density at radius 3 is 1.26 bits per heavy atom. The topological polar surface area (TPSA) is 83.8 Å². The molecule has 0 rings (SSSR count). The van der Waals surface area contributed by atoms with Gasteiger partial charge in [-0.05, 0) is 12.8 Å². The quantitative estimate of drug-likeness (QED) is 0.280. The van der Waals surface area contributed by atoms with Gasteiger partial charge in [-0.25, -0.2) is 0 Å². The summed E-state index contributed by atoms with van der Waals surface area (Å²) in [7, 11) is -4.67. The van der Waals surface area contributed by atoms with Gasteiger partial charge in [0.2, 0.25) is 0 Å². The van der Waals surface area contributed by atoms with Crippen molar-refractivity contribution in [2.75, 3.05) is 13.2 Å². The molecule has 0 saturated heterocycles. The molecule has 0 atom stereocenters. The van der Waals surface area contributed by atoms with Gasteiger partial charge < -0.3 is 6.16 Å². The summed E-state index contributed by atoms with van der Waals surface area (Å²) < 4.78 is 37.2. The van der Waals surface area contributed by atoms with Crippen molar-refractivity contribution in [2.24, 2.45) is 0 Å². The fourth-order valence-corrected chi connectivity index (χ4v) is 2.07. The normalized spacial score (nSPS) is 10.6. The largest absolute Gasteiger partial charge is 1.00 e. The van der Waals surface area contributed by atoms with Gasteiger partial charge in [-0.15, -0.1) is 0 Å². The van der Waals surface area contributed by atoms with Crippen molar-refractivity contribution < 1.29 is 53.2 Å². The summed E-state index contributed by atoms with van der Waals surface area (Å²) in [5.41, 5.74) is 0. The van der Waals surface area contributed by atoms with Gasteiger partial charge in [0.15, 0.2) is 0 Å². The van der Waals surface area contributed by atoms with Crippen LogP contribution < -0.4 is 29.6 Å². The average molecular weight is 365 g/mol. The van der Waals surface area contributed by atoms with Crippen molar-refractivity contribution in [2.45, 2.75) is 90.9 Å². The zero-order valence-corrected chi connectivity index (χ0v) is 18.2. The summed E-state index contributed by atoms with van der Waals surface area (Å²) in [6.45, 7) is 6.51. The Labute approximate surface area is 167 Å². The van der Waals surface area contributed by atoms with Crippen molar-refractivity contribution in [3.63, 3.8) is 0 Å². The van der Waals surface area contributed by atoms with Crippen LogP contribution in [-0.2, 0) is 15.1 Å². The second kappa shape index (κ2) is 22.8. The van der Waals surface area contributed by atoms with E-state index in [9.17, 15) is 0 Å². The molecule has 0 aliphatic heterocycles. The van der Waals surface area contributed by atoms with E-state index in [1.54, 1.807) is 0 Å². The maximum Gasteiger partial charge on any atom is 1.00 e. The predicted octanol–water partition coefficient (Wildman–Crippen LogP) is 2.19. The molecule has 0 radical (unpaired) electrons. The molecular weight excluding hydrogens is 327 g/mol. The van der Waals surface area contributed by atoms with E-state index in [2.05, 4.69) is 13.8 Å². The first-order valence-electron chi connectivity index (χ1n) is 8.69. The van der Waals surface area contributed by atoms with Crippen LogP contribution in [0.5, 0.6) is 0 Å². The molecule has 23 heavy (non-hydrogen) atoms. The average Bonchev–Trinajstić information content (AvgIpc) is 2.42. The van der Waals surface area contributed by atoms with E-state index in [4.69, 9.17) is 22.3 Å². The van der Waals surface area contributed by atoms with Gasteiger partial charge in [0.25, 0.3) is 0 Å². The third kappa shape index (κ3) is 45.0. The summed E-state index contributed by atoms with van der Waals surface area (Å²) >= 11 is 0. The Morgan fingerprint density at radius 2 is 0.957 bits per heavy atom. The Bertz CT molecular complexity index is 281. The van der Waals surface area contributed by atoms with Gasteiger partial charge in [-0.2, -0.15) is 8.42 Å². The minimum Gasteiger partial charge on any atom is -1.00 e. The first kappa shape index (κ1) is 28.6. The molecule has 0 aromatic rings. The van der Waals surface area contributed by atoms with Crippen LogP contribution in [0.1, 0.15) is 92.3 Å². The molecule has 0 unspecified atom stereocenters. The number of hydrogen-bond acceptors (Lipinski definition) is 3. The van der Waals surface area contributed by atoms with Crippen LogP contribution >= 0.6 is 0 Å². The van der Waals surface area contributed by atoms with Gasteiger partial charge in [-0.3, -0.25) is 9.11 Å². The fourth-order valence-electron chi connectivity index (χ4n) is 2.07. The molecule has 0 aromatic carbocycles. The molecule has 0 aliphatic carbocycles. The van der Waals surface area contributed by atoms with Crippen LogP contribution in [0.3, 0.4) is 0 Å². The summed E-state index contributed by atoms with van der Waals surface area (Å²) in [5.74, 6) is 0. The van der Waals surface area contributed by atoms with Crippen molar-refractivity contribution in [1.82, 2.24) is 0 Å². The molecule has 5 nitrogen and oxygen atoms in total. The van der Waals surface area contributed by atoms with E-state index in [1.807, 2.05) is 0 Å². The van der Waals surface area contributed by atoms with E-state index in [-0.39, 0.29) is 31.0 Å². The molecule has 0 bridgehead atoms. The Morgan fingerprint density at radius 1 is 0.696 bits per heavy atom. The first-order chi connectivity index (χ1) is 10.4. The van der Waals surface area contributed by atoms with E-state index in [0.29, 0.717) is 0 Å². The number of unbranched alkanes of at least 4 members (excludes halogenated alkanes) is 10. The zero-order chi connectivity index (χ0) is 17.1. The van der Waals surface area contributed by atoms with Gasteiger partial charge in [-0.1, -0.05) is 78.1 Å². The maximum atomic E-state index is 8.74. The summed E-state index contributed by atoms with van der Waals surface area (Å²) in [4.78, 5) is 0. The summed E-state index contributed by atoms with van der Waals surface area (Å²) in [6.07, 6.45) is 16.3. The van der Waals surface area contributed by atoms with E-state index >= 15 is 0 Å². The third-order valence-corrected chi connectivity index (χ3v) is 3.28. The monoisotopic (exact) mass is 364 g/mol. The van der Waals surface area contributed by atoms with Gasteiger partial charge in [0, 0.05) is 13.2 Å². The first-order valence-corrected chi connectivity index (χ1v) is 10.1. The minimum atomic E-state index is -4.67. The molecule has 0 aliphatic rings. The number of hydrogen-bond donors (Lipinski definition) is 2. The van der Waals surface area contributed by atoms with Gasteiger partial charge >= 0.3 is 40.0 Å².